The Kier molecular flexibility index (Phi) is 5.91. The summed E-state index contributed by atoms with van der Waals surface area (Å²) in [6.07, 6.45) is 3.35. The lowest BCUT2D eigenvalue weighted by Gasteiger charge is -2.38. The first-order valence-electron chi connectivity index (χ1n) is 7.85. The van der Waals surface area contributed by atoms with Gasteiger partial charge in [0.15, 0.2) is 0 Å². The van der Waals surface area contributed by atoms with Gasteiger partial charge in [0.1, 0.15) is 5.82 Å². The number of ether oxygens (including phenoxy) is 1. The summed E-state index contributed by atoms with van der Waals surface area (Å²) >= 11 is 0. The molecule has 1 saturated heterocycles. The third-order valence-corrected chi connectivity index (χ3v) is 4.37. The Morgan fingerprint density at radius 1 is 1.50 bits per heavy atom. The summed E-state index contributed by atoms with van der Waals surface area (Å²) in [6, 6.07) is 4.33. The van der Waals surface area contributed by atoms with Crippen molar-refractivity contribution in [3.8, 4) is 0 Å². The number of hydrogen-bond acceptors (Lipinski definition) is 4. The van der Waals surface area contributed by atoms with Gasteiger partial charge in [-0.2, -0.15) is 0 Å². The van der Waals surface area contributed by atoms with Crippen LogP contribution in [0.25, 0.3) is 0 Å². The fourth-order valence-electron chi connectivity index (χ4n) is 3.08. The molecule has 1 fully saturated rings. The van der Waals surface area contributed by atoms with Crippen molar-refractivity contribution in [1.29, 1.82) is 0 Å². The van der Waals surface area contributed by atoms with E-state index >= 15 is 0 Å². The van der Waals surface area contributed by atoms with Crippen molar-refractivity contribution >= 4 is 5.97 Å². The van der Waals surface area contributed by atoms with Crippen molar-refractivity contribution in [3.63, 3.8) is 0 Å². The smallest absolute Gasteiger partial charge is 0.337 e. The first-order chi connectivity index (χ1) is 10.6. The highest BCUT2D eigenvalue weighted by Crippen LogP contribution is 2.24. The van der Waals surface area contributed by atoms with Crippen molar-refractivity contribution < 1.29 is 19.0 Å². The number of piperidine rings is 1. The van der Waals surface area contributed by atoms with E-state index in [-0.39, 0.29) is 11.9 Å². The lowest BCUT2D eigenvalue weighted by Crippen LogP contribution is -2.46. The Labute approximate surface area is 130 Å². The molecule has 22 heavy (non-hydrogen) atoms. The monoisotopic (exact) mass is 309 g/mol. The molecule has 5 heteroatoms. The first kappa shape index (κ1) is 16.9. The van der Waals surface area contributed by atoms with Crippen LogP contribution < -0.4 is 0 Å². The maximum Gasteiger partial charge on any atom is 0.337 e. The fourth-order valence-corrected chi connectivity index (χ4v) is 3.08. The quantitative estimate of drug-likeness (QED) is 0.850. The Balaban J connectivity index is 2.18. The van der Waals surface area contributed by atoms with E-state index in [4.69, 9.17) is 0 Å². The third kappa shape index (κ3) is 3.84. The van der Waals surface area contributed by atoms with Crippen LogP contribution in [0.15, 0.2) is 18.2 Å². The molecule has 1 aliphatic rings. The highest BCUT2D eigenvalue weighted by molar-refractivity contribution is 5.89. The Morgan fingerprint density at radius 3 is 2.95 bits per heavy atom. The number of aliphatic hydroxyl groups excluding tert-OH is 1. The number of likely N-dealkylation sites (tertiary alicyclic amines) is 1. The number of methoxy groups -OCH3 is 1. The largest absolute Gasteiger partial charge is 0.465 e. The standard InChI is InChI=1S/C17H24FNO3/c1-3-16(20)15-6-4-5-9-19(15)11-13-10-12(17(21)22-2)7-8-14(13)18/h7-8,10,15-16,20H,3-6,9,11H2,1-2H3. The van der Waals surface area contributed by atoms with Crippen LogP contribution in [0.3, 0.4) is 0 Å². The minimum atomic E-state index is -0.468. The van der Waals surface area contributed by atoms with Gasteiger partial charge in [-0.15, -0.1) is 0 Å². The van der Waals surface area contributed by atoms with E-state index in [1.807, 2.05) is 6.92 Å². The molecule has 0 spiro atoms. The molecule has 1 aliphatic heterocycles. The summed E-state index contributed by atoms with van der Waals surface area (Å²) < 4.78 is 18.7. The third-order valence-electron chi connectivity index (χ3n) is 4.37. The van der Waals surface area contributed by atoms with E-state index in [0.29, 0.717) is 24.1 Å². The summed E-state index contributed by atoms with van der Waals surface area (Å²) in [7, 11) is 1.31. The van der Waals surface area contributed by atoms with E-state index in [0.717, 1.165) is 25.8 Å². The van der Waals surface area contributed by atoms with Gasteiger partial charge < -0.3 is 9.84 Å². The minimum Gasteiger partial charge on any atom is -0.465 e. The molecule has 4 nitrogen and oxygen atoms in total. The van der Waals surface area contributed by atoms with Crippen molar-refractivity contribution in [2.75, 3.05) is 13.7 Å². The highest BCUT2D eigenvalue weighted by atomic mass is 19.1. The first-order valence-corrected chi connectivity index (χ1v) is 7.85. The van der Waals surface area contributed by atoms with Crippen molar-refractivity contribution in [1.82, 2.24) is 4.90 Å². The molecule has 1 N–H and O–H groups in total. The van der Waals surface area contributed by atoms with E-state index < -0.39 is 12.1 Å². The molecule has 0 radical (unpaired) electrons. The second-order valence-electron chi connectivity index (χ2n) is 5.81. The van der Waals surface area contributed by atoms with Gasteiger partial charge in [0.05, 0.1) is 18.8 Å². The molecule has 0 amide bonds. The Bertz CT molecular complexity index is 521. The van der Waals surface area contributed by atoms with Crippen LogP contribution in [0.2, 0.25) is 0 Å². The highest BCUT2D eigenvalue weighted by Gasteiger charge is 2.28. The van der Waals surface area contributed by atoms with Crippen LogP contribution in [0.1, 0.15) is 48.5 Å². The molecular weight excluding hydrogens is 285 g/mol. The van der Waals surface area contributed by atoms with Gasteiger partial charge in [-0.25, -0.2) is 9.18 Å². The second-order valence-corrected chi connectivity index (χ2v) is 5.81. The minimum absolute atomic E-state index is 0.0555. The van der Waals surface area contributed by atoms with Crippen LogP contribution in [-0.4, -0.2) is 41.8 Å². The molecule has 0 saturated carbocycles. The molecule has 122 valence electrons. The number of carbonyl (C=O) groups is 1. The summed E-state index contributed by atoms with van der Waals surface area (Å²) in [6.45, 7) is 3.19. The summed E-state index contributed by atoms with van der Waals surface area (Å²) in [5.74, 6) is -0.798. The maximum absolute atomic E-state index is 14.1. The zero-order valence-corrected chi connectivity index (χ0v) is 13.2. The maximum atomic E-state index is 14.1. The Hall–Kier alpha value is -1.46. The molecule has 1 aromatic rings. The van der Waals surface area contributed by atoms with Crippen molar-refractivity contribution in [2.45, 2.75) is 51.3 Å². The van der Waals surface area contributed by atoms with Gasteiger partial charge in [0.2, 0.25) is 0 Å². The van der Waals surface area contributed by atoms with E-state index in [1.165, 1.54) is 19.2 Å². The molecule has 1 heterocycles. The number of halogens is 1. The van der Waals surface area contributed by atoms with Crippen molar-refractivity contribution in [3.05, 3.63) is 35.1 Å². The molecule has 1 aromatic carbocycles. The van der Waals surface area contributed by atoms with Crippen LogP contribution in [0, 0.1) is 5.82 Å². The van der Waals surface area contributed by atoms with Crippen LogP contribution in [0.5, 0.6) is 0 Å². The lowest BCUT2D eigenvalue weighted by molar-refractivity contribution is 0.0190. The molecule has 2 atom stereocenters. The van der Waals surface area contributed by atoms with Crippen LogP contribution in [0.4, 0.5) is 4.39 Å². The van der Waals surface area contributed by atoms with E-state index in [2.05, 4.69) is 9.64 Å². The number of rotatable bonds is 5. The van der Waals surface area contributed by atoms with Gasteiger partial charge >= 0.3 is 5.97 Å². The lowest BCUT2D eigenvalue weighted by atomic mass is 9.95. The number of carbonyl (C=O) groups excluding carboxylic acids is 1. The summed E-state index contributed by atoms with van der Waals surface area (Å²) in [5.41, 5.74) is 0.821. The number of hydrogen-bond donors (Lipinski definition) is 1. The molecule has 2 rings (SSSR count). The molecule has 2 unspecified atom stereocenters. The zero-order chi connectivity index (χ0) is 16.1. The zero-order valence-electron chi connectivity index (χ0n) is 13.2. The average molecular weight is 309 g/mol. The Morgan fingerprint density at radius 2 is 2.27 bits per heavy atom. The van der Waals surface area contributed by atoms with Gasteiger partial charge in [0.25, 0.3) is 0 Å². The fraction of sp³-hybridized carbons (Fsp3) is 0.588. The molecule has 0 bridgehead atoms. The predicted octanol–water partition coefficient (Wildman–Crippen LogP) is 2.74. The molecular formula is C17H24FNO3. The van der Waals surface area contributed by atoms with Gasteiger partial charge in [0, 0.05) is 18.2 Å². The van der Waals surface area contributed by atoms with E-state index in [9.17, 15) is 14.3 Å². The van der Waals surface area contributed by atoms with Gasteiger partial charge in [-0.05, 0) is 44.0 Å². The SMILES string of the molecule is CCC(O)C1CCCCN1Cc1cc(C(=O)OC)ccc1F. The van der Waals surface area contributed by atoms with Gasteiger partial charge in [-0.1, -0.05) is 13.3 Å². The van der Waals surface area contributed by atoms with Crippen molar-refractivity contribution in [2.24, 2.45) is 0 Å². The number of benzene rings is 1. The number of aliphatic hydroxyl groups is 1. The topological polar surface area (TPSA) is 49.8 Å². The number of esters is 1. The molecule has 0 aliphatic carbocycles. The predicted molar refractivity (Wildman–Crippen MR) is 82.1 cm³/mol. The second kappa shape index (κ2) is 7.70. The summed E-state index contributed by atoms with van der Waals surface area (Å²) in [4.78, 5) is 13.7. The van der Waals surface area contributed by atoms with E-state index in [1.54, 1.807) is 6.07 Å². The average Bonchev–Trinajstić information content (AvgIpc) is 2.55. The van der Waals surface area contributed by atoms with Crippen LogP contribution in [-0.2, 0) is 11.3 Å². The molecule has 0 aromatic heterocycles. The summed E-state index contributed by atoms with van der Waals surface area (Å²) in [5, 5.41) is 10.2. The number of nitrogens with zero attached hydrogens (tertiary/aromatic N) is 1. The van der Waals surface area contributed by atoms with Crippen LogP contribution >= 0.6 is 0 Å². The normalized spacial score (nSPS) is 20.6. The van der Waals surface area contributed by atoms with Gasteiger partial charge in [-0.3, -0.25) is 4.90 Å².